The van der Waals surface area contributed by atoms with E-state index >= 15 is 0 Å². The molecule has 0 atom stereocenters. The number of nitrogens with zero attached hydrogens (tertiary/aromatic N) is 7. The third-order valence-electron chi connectivity index (χ3n) is 7.99. The number of nitrogens with one attached hydrogen (secondary N) is 1. The fraction of sp³-hybridized carbons (Fsp3) is 0.367. The Hall–Kier alpha value is -4.47. The Balaban J connectivity index is 1.21. The first-order chi connectivity index (χ1) is 22.0. The maximum absolute atomic E-state index is 14.0. The number of halogens is 4. The third-order valence-corrected chi connectivity index (χ3v) is 8.36. The minimum atomic E-state index is -4.55. The summed E-state index contributed by atoms with van der Waals surface area (Å²) in [5.41, 5.74) is 6.37. The number of aromatic nitrogens is 5. The summed E-state index contributed by atoms with van der Waals surface area (Å²) in [6, 6.07) is 4.10. The molecule has 3 N–H and O–H groups in total. The first-order valence-corrected chi connectivity index (χ1v) is 14.8. The third kappa shape index (κ3) is 6.30. The number of anilines is 3. The van der Waals surface area contributed by atoms with Crippen LogP contribution in [0.15, 0.2) is 43.0 Å². The summed E-state index contributed by atoms with van der Waals surface area (Å²) in [5.74, 6) is 0.900. The second-order valence-corrected chi connectivity index (χ2v) is 11.6. The molecule has 2 aliphatic rings. The number of fused-ring (bicyclic) bond motifs is 1. The molecule has 1 aliphatic carbocycles. The van der Waals surface area contributed by atoms with Crippen LogP contribution >= 0.6 is 11.6 Å². The van der Waals surface area contributed by atoms with Crippen molar-refractivity contribution in [3.8, 4) is 5.75 Å². The monoisotopic (exact) mass is 657 g/mol. The van der Waals surface area contributed by atoms with Gasteiger partial charge in [0, 0.05) is 58.6 Å². The average molecular weight is 658 g/mol. The van der Waals surface area contributed by atoms with Crippen LogP contribution in [-0.4, -0.2) is 68.7 Å². The predicted octanol–water partition coefficient (Wildman–Crippen LogP) is 4.71. The summed E-state index contributed by atoms with van der Waals surface area (Å²) in [6.45, 7) is 1.32. The van der Waals surface area contributed by atoms with Gasteiger partial charge in [0.1, 0.15) is 16.2 Å². The van der Waals surface area contributed by atoms with Gasteiger partial charge in [-0.25, -0.2) is 15.0 Å². The van der Waals surface area contributed by atoms with E-state index in [-0.39, 0.29) is 63.9 Å². The number of carbonyl (C=O) groups is 1. The highest BCUT2D eigenvalue weighted by atomic mass is 35.5. The van der Waals surface area contributed by atoms with Gasteiger partial charge in [0.05, 0.1) is 30.3 Å². The molecule has 4 heterocycles. The molecule has 1 aromatic carbocycles. The molecule has 16 heteroatoms. The van der Waals surface area contributed by atoms with Crippen LogP contribution in [0.4, 0.5) is 30.6 Å². The number of methoxy groups -OCH3 is 1. The van der Waals surface area contributed by atoms with Crippen molar-refractivity contribution < 1.29 is 27.4 Å². The number of rotatable bonds is 10. The van der Waals surface area contributed by atoms with Crippen LogP contribution in [0.3, 0.4) is 0 Å². The van der Waals surface area contributed by atoms with E-state index in [9.17, 15) is 18.0 Å². The van der Waals surface area contributed by atoms with Crippen molar-refractivity contribution in [2.24, 2.45) is 18.7 Å². The van der Waals surface area contributed by atoms with Gasteiger partial charge in [-0.3, -0.25) is 14.6 Å². The summed E-state index contributed by atoms with van der Waals surface area (Å²) in [5, 5.41) is 3.10. The molecule has 46 heavy (non-hydrogen) atoms. The highest BCUT2D eigenvalue weighted by Crippen LogP contribution is 2.38. The van der Waals surface area contributed by atoms with Gasteiger partial charge < -0.3 is 25.1 Å². The number of likely N-dealkylation sites (tertiary alicyclic amines) is 1. The molecule has 4 aromatic rings. The molecule has 0 spiro atoms. The number of ether oxygens (including phenoxy) is 2. The van der Waals surface area contributed by atoms with Crippen molar-refractivity contribution in [3.05, 3.63) is 64.8 Å². The van der Waals surface area contributed by atoms with Gasteiger partial charge in [0.25, 0.3) is 0 Å². The number of carbonyl (C=O) groups excluding carboxylic acids is 1. The van der Waals surface area contributed by atoms with Crippen molar-refractivity contribution in [2.45, 2.75) is 31.7 Å². The van der Waals surface area contributed by atoms with Crippen LogP contribution < -0.4 is 20.7 Å². The predicted molar refractivity (Wildman–Crippen MR) is 165 cm³/mol. The summed E-state index contributed by atoms with van der Waals surface area (Å²) >= 11 is 6.72. The zero-order chi connectivity index (χ0) is 32.7. The van der Waals surface area contributed by atoms with Gasteiger partial charge in [-0.2, -0.15) is 18.2 Å². The van der Waals surface area contributed by atoms with E-state index in [1.165, 1.54) is 35.8 Å². The Bertz CT molecular complexity index is 1800. The van der Waals surface area contributed by atoms with E-state index in [2.05, 4.69) is 25.3 Å². The fourth-order valence-corrected chi connectivity index (χ4v) is 5.45. The van der Waals surface area contributed by atoms with Gasteiger partial charge in [-0.1, -0.05) is 17.7 Å². The largest absolute Gasteiger partial charge is 0.450 e. The number of amides is 1. The SMILES string of the molecule is COC1CN(Cc2ccc(Nc3nc4ncc(OC(=CN)c5cnc(N(C)C(=O)C6CC6)cn5)c(Cl)c4n3C)cc2C(F)(F)F)C1. The van der Waals surface area contributed by atoms with Crippen molar-refractivity contribution in [3.63, 3.8) is 0 Å². The van der Waals surface area contributed by atoms with Crippen LogP contribution in [0.1, 0.15) is 29.7 Å². The first kappa shape index (κ1) is 31.5. The van der Waals surface area contributed by atoms with Gasteiger partial charge in [0.15, 0.2) is 23.0 Å². The zero-order valence-corrected chi connectivity index (χ0v) is 25.9. The van der Waals surface area contributed by atoms with Crippen molar-refractivity contribution in [1.29, 1.82) is 0 Å². The molecule has 6 rings (SSSR count). The smallest absolute Gasteiger partial charge is 0.416 e. The number of imidazole rings is 1. The summed E-state index contributed by atoms with van der Waals surface area (Å²) in [6.07, 6.45) is 2.66. The Morgan fingerprint density at radius 3 is 2.59 bits per heavy atom. The van der Waals surface area contributed by atoms with E-state index in [1.54, 1.807) is 31.8 Å². The van der Waals surface area contributed by atoms with Gasteiger partial charge in [0.2, 0.25) is 11.9 Å². The molecule has 0 bridgehead atoms. The maximum Gasteiger partial charge on any atom is 0.416 e. The zero-order valence-electron chi connectivity index (χ0n) is 25.2. The molecule has 0 unspecified atom stereocenters. The minimum Gasteiger partial charge on any atom is -0.450 e. The van der Waals surface area contributed by atoms with Gasteiger partial charge >= 0.3 is 6.18 Å². The summed E-state index contributed by atoms with van der Waals surface area (Å²) < 4.78 is 54.8. The van der Waals surface area contributed by atoms with Crippen LogP contribution in [0.2, 0.25) is 5.02 Å². The number of hydrogen-bond acceptors (Lipinski definition) is 10. The Labute approximate surface area is 267 Å². The molecule has 12 nitrogen and oxygen atoms in total. The number of hydrogen-bond donors (Lipinski definition) is 2. The van der Waals surface area contributed by atoms with Crippen LogP contribution in [0.25, 0.3) is 16.9 Å². The van der Waals surface area contributed by atoms with Crippen LogP contribution in [-0.2, 0) is 29.3 Å². The molecule has 1 amide bonds. The molecule has 1 aliphatic heterocycles. The molecule has 242 valence electrons. The van der Waals surface area contributed by atoms with Crippen molar-refractivity contribution >= 4 is 51.9 Å². The van der Waals surface area contributed by atoms with E-state index in [0.717, 1.165) is 18.9 Å². The Kier molecular flexibility index (Phi) is 8.48. The van der Waals surface area contributed by atoms with Crippen LogP contribution in [0.5, 0.6) is 5.75 Å². The first-order valence-electron chi connectivity index (χ1n) is 14.4. The number of benzene rings is 1. The lowest BCUT2D eigenvalue weighted by Gasteiger charge is -2.38. The maximum atomic E-state index is 14.0. The van der Waals surface area contributed by atoms with Crippen molar-refractivity contribution in [2.75, 3.05) is 37.5 Å². The molecule has 1 saturated heterocycles. The van der Waals surface area contributed by atoms with Gasteiger partial charge in [-0.15, -0.1) is 0 Å². The summed E-state index contributed by atoms with van der Waals surface area (Å²) in [7, 11) is 4.88. The van der Waals surface area contributed by atoms with E-state index in [1.807, 2.05) is 4.90 Å². The highest BCUT2D eigenvalue weighted by Gasteiger charge is 2.36. The van der Waals surface area contributed by atoms with E-state index in [4.69, 9.17) is 26.8 Å². The standard InChI is InChI=1S/C30H31ClF3N9O3/c1-41(28(44)16-4-5-16)24-12-36-21(10-37-24)22(9-35)46-23-11-38-27-26(25(23)31)42(2)29(40-27)39-18-7-6-17(20(8-18)30(32,33)34)13-43-14-19(15-43)45-3/h6-12,16,19H,4-5,13-15,35H2,1-3H3,(H,38,39,40). The lowest BCUT2D eigenvalue weighted by Crippen LogP contribution is -2.51. The number of alkyl halides is 3. The number of aryl methyl sites for hydroxylation is 1. The Morgan fingerprint density at radius 1 is 1.20 bits per heavy atom. The van der Waals surface area contributed by atoms with Crippen molar-refractivity contribution in [1.82, 2.24) is 29.4 Å². The molecule has 1 saturated carbocycles. The van der Waals surface area contributed by atoms with E-state index in [0.29, 0.717) is 30.1 Å². The molecular formula is C30H31ClF3N9O3. The second kappa shape index (κ2) is 12.4. The molecular weight excluding hydrogens is 627 g/mol. The molecule has 3 aromatic heterocycles. The quantitative estimate of drug-likeness (QED) is 0.231. The van der Waals surface area contributed by atoms with E-state index < -0.39 is 11.7 Å². The lowest BCUT2D eigenvalue weighted by atomic mass is 10.0. The number of pyridine rings is 1. The lowest BCUT2D eigenvalue weighted by molar-refractivity contribution is -0.138. The molecule has 2 fully saturated rings. The fourth-order valence-electron chi connectivity index (χ4n) is 5.15. The summed E-state index contributed by atoms with van der Waals surface area (Å²) in [4.78, 5) is 33.1. The Morgan fingerprint density at radius 2 is 1.96 bits per heavy atom. The second-order valence-electron chi connectivity index (χ2n) is 11.2. The topological polar surface area (TPSA) is 137 Å². The minimum absolute atomic E-state index is 0.00922. The van der Waals surface area contributed by atoms with Gasteiger partial charge in [-0.05, 0) is 30.5 Å². The average Bonchev–Trinajstić information content (AvgIpc) is 3.82. The van der Waals surface area contributed by atoms with Crippen LogP contribution in [0, 0.1) is 5.92 Å². The molecule has 0 radical (unpaired) electrons. The highest BCUT2D eigenvalue weighted by molar-refractivity contribution is 6.36. The number of nitrogens with two attached hydrogens (primary N) is 1. The normalized spacial score (nSPS) is 16.0.